The second kappa shape index (κ2) is 10.7. The van der Waals surface area contributed by atoms with E-state index in [0.29, 0.717) is 17.9 Å². The molecule has 0 bridgehead atoms. The summed E-state index contributed by atoms with van der Waals surface area (Å²) >= 11 is 0. The van der Waals surface area contributed by atoms with Crippen molar-refractivity contribution in [3.63, 3.8) is 0 Å². The Bertz CT molecular complexity index is 1210. The van der Waals surface area contributed by atoms with Crippen molar-refractivity contribution >= 4 is 17.6 Å². The minimum atomic E-state index is -0.252. The van der Waals surface area contributed by atoms with Gasteiger partial charge < -0.3 is 10.2 Å². The second-order valence-electron chi connectivity index (χ2n) is 11.5. The van der Waals surface area contributed by atoms with Crippen LogP contribution in [0.15, 0.2) is 54.6 Å². The van der Waals surface area contributed by atoms with Crippen LogP contribution in [-0.4, -0.2) is 39.6 Å². The zero-order chi connectivity index (χ0) is 26.7. The summed E-state index contributed by atoms with van der Waals surface area (Å²) in [6.07, 6.45) is 0.758. The molecule has 2 aromatic carbocycles. The van der Waals surface area contributed by atoms with E-state index in [-0.39, 0.29) is 29.2 Å². The van der Waals surface area contributed by atoms with Gasteiger partial charge >= 0.3 is 0 Å². The predicted molar refractivity (Wildman–Crippen MR) is 147 cm³/mol. The Hall–Kier alpha value is -3.41. The molecule has 0 unspecified atom stereocenters. The van der Waals surface area contributed by atoms with Crippen molar-refractivity contribution in [3.05, 3.63) is 77.0 Å². The van der Waals surface area contributed by atoms with Gasteiger partial charge in [-0.2, -0.15) is 5.10 Å². The topological polar surface area (TPSA) is 67.2 Å². The largest absolute Gasteiger partial charge is 0.329 e. The van der Waals surface area contributed by atoms with Crippen LogP contribution in [0.4, 0.5) is 5.82 Å². The molecule has 0 saturated heterocycles. The molecule has 36 heavy (non-hydrogen) atoms. The minimum absolute atomic E-state index is 0.0106. The van der Waals surface area contributed by atoms with E-state index in [9.17, 15) is 9.59 Å². The van der Waals surface area contributed by atoms with Gasteiger partial charge in [0.2, 0.25) is 5.91 Å². The number of carbonyl (C=O) groups is 2. The van der Waals surface area contributed by atoms with E-state index >= 15 is 0 Å². The number of aryl methyl sites for hydroxylation is 1. The molecule has 2 amide bonds. The zero-order valence-corrected chi connectivity index (χ0v) is 23.0. The van der Waals surface area contributed by atoms with E-state index in [4.69, 9.17) is 5.10 Å². The highest BCUT2D eigenvalue weighted by Gasteiger charge is 2.24. The number of amides is 2. The maximum Gasteiger partial charge on any atom is 0.254 e. The molecule has 0 saturated carbocycles. The zero-order valence-electron chi connectivity index (χ0n) is 23.0. The summed E-state index contributed by atoms with van der Waals surface area (Å²) in [6.45, 7) is 17.2. The van der Waals surface area contributed by atoms with E-state index < -0.39 is 0 Å². The summed E-state index contributed by atoms with van der Waals surface area (Å²) < 4.78 is 1.77. The highest BCUT2D eigenvalue weighted by molar-refractivity contribution is 5.99. The van der Waals surface area contributed by atoms with E-state index in [1.54, 1.807) is 9.58 Å². The molecule has 192 valence electrons. The Morgan fingerprint density at radius 2 is 1.61 bits per heavy atom. The lowest BCUT2D eigenvalue weighted by Gasteiger charge is -2.23. The molecule has 0 spiro atoms. The molecule has 6 heteroatoms. The van der Waals surface area contributed by atoms with Crippen LogP contribution in [0.1, 0.15) is 82.1 Å². The van der Waals surface area contributed by atoms with Crippen molar-refractivity contribution in [2.24, 2.45) is 0 Å². The summed E-state index contributed by atoms with van der Waals surface area (Å²) in [4.78, 5) is 28.1. The Balaban J connectivity index is 1.83. The monoisotopic (exact) mass is 488 g/mol. The van der Waals surface area contributed by atoms with Gasteiger partial charge in [-0.1, -0.05) is 72.7 Å². The second-order valence-corrected chi connectivity index (χ2v) is 11.5. The fourth-order valence-corrected chi connectivity index (χ4v) is 3.97. The molecule has 0 aliphatic rings. The number of carbonyl (C=O) groups excluding carboxylic acids is 2. The first kappa shape index (κ1) is 27.2. The quantitative estimate of drug-likeness (QED) is 0.426. The third-order valence-electron chi connectivity index (χ3n) is 6.10. The molecule has 0 atom stereocenters. The number of nitrogens with zero attached hydrogens (tertiary/aromatic N) is 3. The van der Waals surface area contributed by atoms with Crippen LogP contribution in [0, 0.1) is 6.92 Å². The normalized spacial score (nSPS) is 11.9. The van der Waals surface area contributed by atoms with Crippen LogP contribution >= 0.6 is 0 Å². The third-order valence-corrected chi connectivity index (χ3v) is 6.10. The van der Waals surface area contributed by atoms with E-state index in [2.05, 4.69) is 46.9 Å². The van der Waals surface area contributed by atoms with Crippen molar-refractivity contribution in [2.45, 2.75) is 72.6 Å². The van der Waals surface area contributed by atoms with Gasteiger partial charge in [0.15, 0.2) is 0 Å². The fraction of sp³-hybridized carbons (Fsp3) is 0.433. The van der Waals surface area contributed by atoms with Gasteiger partial charge in [-0.15, -0.1) is 0 Å². The van der Waals surface area contributed by atoms with Crippen molar-refractivity contribution in [3.8, 4) is 5.69 Å². The number of hydrogen-bond donors (Lipinski definition) is 1. The SMILES string of the molecule is CCCN(CC(=O)Nc1cc(C(C)(C)C)nn1-c1cccc(C)c1)C(=O)c1ccc(C(C)(C)C)cc1. The molecule has 0 aliphatic carbocycles. The number of aromatic nitrogens is 2. The van der Waals surface area contributed by atoms with Gasteiger partial charge in [0.05, 0.1) is 11.4 Å². The van der Waals surface area contributed by atoms with Gasteiger partial charge in [-0.25, -0.2) is 4.68 Å². The lowest BCUT2D eigenvalue weighted by molar-refractivity contribution is -0.116. The van der Waals surface area contributed by atoms with Crippen LogP contribution in [-0.2, 0) is 15.6 Å². The smallest absolute Gasteiger partial charge is 0.254 e. The minimum Gasteiger partial charge on any atom is -0.329 e. The maximum atomic E-state index is 13.3. The molecule has 1 heterocycles. The number of rotatable bonds is 7. The molecule has 6 nitrogen and oxygen atoms in total. The lowest BCUT2D eigenvalue weighted by atomic mass is 9.86. The summed E-state index contributed by atoms with van der Waals surface area (Å²) in [7, 11) is 0. The van der Waals surface area contributed by atoms with Gasteiger partial charge in [0, 0.05) is 23.6 Å². The number of nitrogens with one attached hydrogen (secondary N) is 1. The molecule has 0 fully saturated rings. The number of hydrogen-bond acceptors (Lipinski definition) is 3. The standard InChI is InChI=1S/C30H40N4O2/c1-9-17-33(28(36)22-13-15-23(16-14-22)29(3,4)5)20-27(35)31-26-19-25(30(6,7)8)32-34(26)24-12-10-11-21(2)18-24/h10-16,18-19H,9,17,20H2,1-8H3,(H,31,35). The Morgan fingerprint density at radius 1 is 0.944 bits per heavy atom. The van der Waals surface area contributed by atoms with Gasteiger partial charge in [0.1, 0.15) is 12.4 Å². The summed E-state index contributed by atoms with van der Waals surface area (Å²) in [6, 6.07) is 17.6. The molecule has 3 rings (SSSR count). The molecule has 0 aliphatic heterocycles. The Morgan fingerprint density at radius 3 is 2.17 bits per heavy atom. The number of anilines is 1. The molecule has 3 aromatic rings. The van der Waals surface area contributed by atoms with Crippen molar-refractivity contribution in [2.75, 3.05) is 18.4 Å². The third kappa shape index (κ3) is 6.62. The van der Waals surface area contributed by atoms with Crippen LogP contribution < -0.4 is 5.32 Å². The predicted octanol–water partition coefficient (Wildman–Crippen LogP) is 6.27. The Labute approximate surface area is 215 Å². The summed E-state index contributed by atoms with van der Waals surface area (Å²) in [5, 5.41) is 7.81. The average molecular weight is 489 g/mol. The van der Waals surface area contributed by atoms with Gasteiger partial charge in [0.25, 0.3) is 5.91 Å². The van der Waals surface area contributed by atoms with E-state index in [1.165, 1.54) is 0 Å². The van der Waals surface area contributed by atoms with Gasteiger partial charge in [-0.3, -0.25) is 9.59 Å². The highest BCUT2D eigenvalue weighted by Crippen LogP contribution is 2.27. The molecule has 1 N–H and O–H groups in total. The van der Waals surface area contributed by atoms with Crippen molar-refractivity contribution in [1.82, 2.24) is 14.7 Å². The van der Waals surface area contributed by atoms with E-state index in [0.717, 1.165) is 28.9 Å². The molecule has 1 aromatic heterocycles. The molecular weight excluding hydrogens is 448 g/mol. The first-order valence-electron chi connectivity index (χ1n) is 12.7. The average Bonchev–Trinajstić information content (AvgIpc) is 3.22. The fourth-order valence-electron chi connectivity index (χ4n) is 3.97. The number of benzene rings is 2. The highest BCUT2D eigenvalue weighted by atomic mass is 16.2. The van der Waals surface area contributed by atoms with Crippen molar-refractivity contribution in [1.29, 1.82) is 0 Å². The molecular formula is C30H40N4O2. The van der Waals surface area contributed by atoms with Crippen LogP contribution in [0.5, 0.6) is 0 Å². The lowest BCUT2D eigenvalue weighted by Crippen LogP contribution is -2.38. The van der Waals surface area contributed by atoms with Crippen LogP contribution in [0.3, 0.4) is 0 Å². The molecule has 0 radical (unpaired) electrons. The Kier molecular flexibility index (Phi) is 8.07. The first-order chi connectivity index (χ1) is 16.8. The van der Waals surface area contributed by atoms with Gasteiger partial charge in [-0.05, 0) is 54.2 Å². The van der Waals surface area contributed by atoms with Crippen LogP contribution in [0.25, 0.3) is 5.69 Å². The summed E-state index contributed by atoms with van der Waals surface area (Å²) in [5.74, 6) is 0.196. The maximum absolute atomic E-state index is 13.3. The first-order valence-corrected chi connectivity index (χ1v) is 12.7. The summed E-state index contributed by atoms with van der Waals surface area (Å²) in [5.41, 5.74) is 4.44. The van der Waals surface area contributed by atoms with Crippen LogP contribution in [0.2, 0.25) is 0 Å². The van der Waals surface area contributed by atoms with E-state index in [1.807, 2.05) is 68.4 Å². The van der Waals surface area contributed by atoms with Crippen molar-refractivity contribution < 1.29 is 9.59 Å².